The predicted molar refractivity (Wildman–Crippen MR) is 69.5 cm³/mol. The van der Waals surface area contributed by atoms with E-state index in [1.165, 1.54) is 12.1 Å². The lowest BCUT2D eigenvalue weighted by Crippen LogP contribution is -2.26. The topological polar surface area (TPSA) is 64.1 Å². The van der Waals surface area contributed by atoms with Gasteiger partial charge in [-0.2, -0.15) is 5.10 Å². The van der Waals surface area contributed by atoms with Crippen LogP contribution in [0, 0.1) is 5.82 Å². The third kappa shape index (κ3) is 3.53. The lowest BCUT2D eigenvalue weighted by Gasteiger charge is -2.04. The first-order valence-corrected chi connectivity index (χ1v) is 5.35. The first-order chi connectivity index (χ1) is 8.19. The molecule has 2 aromatic rings. The number of rotatable bonds is 4. The first-order valence-electron chi connectivity index (χ1n) is 5.35. The highest BCUT2D eigenvalue weighted by molar-refractivity contribution is 5.85. The average molecular weight is 272 g/mol. The summed E-state index contributed by atoms with van der Waals surface area (Å²) < 4.78 is 14.4. The number of benzene rings is 1. The zero-order chi connectivity index (χ0) is 12.3. The van der Waals surface area contributed by atoms with E-state index >= 15 is 0 Å². The minimum Gasteiger partial charge on any atom is -0.395 e. The molecule has 2 rings (SSSR count). The standard InChI is InChI=1S/C12H14FN3O.ClH/c13-10-1-3-12(4-2-10)16-7-9(6-15-16)5-11(14)8-17;/h1-4,6-7,11,17H,5,8,14H2;1H. The second kappa shape index (κ2) is 6.49. The number of halogens is 2. The molecule has 0 saturated heterocycles. The Morgan fingerprint density at radius 2 is 2.00 bits per heavy atom. The van der Waals surface area contributed by atoms with E-state index < -0.39 is 0 Å². The molecule has 3 N–H and O–H groups in total. The van der Waals surface area contributed by atoms with E-state index in [1.807, 2.05) is 6.20 Å². The van der Waals surface area contributed by atoms with Crippen molar-refractivity contribution >= 4 is 12.4 Å². The highest BCUT2D eigenvalue weighted by atomic mass is 35.5. The Labute approximate surface area is 111 Å². The Morgan fingerprint density at radius 1 is 1.33 bits per heavy atom. The lowest BCUT2D eigenvalue weighted by molar-refractivity contribution is 0.265. The molecule has 0 spiro atoms. The summed E-state index contributed by atoms with van der Waals surface area (Å²) in [5, 5.41) is 13.0. The summed E-state index contributed by atoms with van der Waals surface area (Å²) in [6.45, 7) is -0.0538. The van der Waals surface area contributed by atoms with Gasteiger partial charge in [0.1, 0.15) is 5.82 Å². The van der Waals surface area contributed by atoms with Crippen LogP contribution in [0.25, 0.3) is 5.69 Å². The number of nitrogens with two attached hydrogens (primary N) is 1. The summed E-state index contributed by atoms with van der Waals surface area (Å²) in [6, 6.07) is 5.79. The van der Waals surface area contributed by atoms with Crippen LogP contribution in [0.1, 0.15) is 5.56 Å². The maximum Gasteiger partial charge on any atom is 0.123 e. The van der Waals surface area contributed by atoms with Gasteiger partial charge in [-0.05, 0) is 36.2 Å². The van der Waals surface area contributed by atoms with Gasteiger partial charge in [0, 0.05) is 12.2 Å². The van der Waals surface area contributed by atoms with Crippen molar-refractivity contribution in [3.63, 3.8) is 0 Å². The number of hydrogen-bond acceptors (Lipinski definition) is 3. The molecule has 0 aliphatic rings. The zero-order valence-electron chi connectivity index (χ0n) is 9.66. The third-order valence-corrected chi connectivity index (χ3v) is 2.46. The largest absolute Gasteiger partial charge is 0.395 e. The highest BCUT2D eigenvalue weighted by Crippen LogP contribution is 2.10. The average Bonchev–Trinajstić information content (AvgIpc) is 2.78. The summed E-state index contributed by atoms with van der Waals surface area (Å²) in [6.07, 6.45) is 4.08. The van der Waals surface area contributed by atoms with E-state index in [0.717, 1.165) is 11.3 Å². The summed E-state index contributed by atoms with van der Waals surface area (Å²) in [7, 11) is 0. The molecule has 0 amide bonds. The van der Waals surface area contributed by atoms with Gasteiger partial charge in [0.05, 0.1) is 18.5 Å². The van der Waals surface area contributed by atoms with Crippen molar-refractivity contribution < 1.29 is 9.50 Å². The second-order valence-electron chi connectivity index (χ2n) is 3.92. The second-order valence-corrected chi connectivity index (χ2v) is 3.92. The van der Waals surface area contributed by atoms with Crippen LogP contribution in [0.4, 0.5) is 4.39 Å². The van der Waals surface area contributed by atoms with Crippen molar-refractivity contribution in [2.24, 2.45) is 5.73 Å². The first kappa shape index (κ1) is 14.6. The van der Waals surface area contributed by atoms with Crippen molar-refractivity contribution in [1.29, 1.82) is 0 Å². The minimum atomic E-state index is -0.277. The van der Waals surface area contributed by atoms with Crippen molar-refractivity contribution in [2.45, 2.75) is 12.5 Å². The number of aromatic nitrogens is 2. The molecule has 1 atom stereocenters. The molecule has 4 nitrogen and oxygen atoms in total. The predicted octanol–water partition coefficient (Wildman–Crippen LogP) is 1.30. The van der Waals surface area contributed by atoms with Crippen LogP contribution in [0.5, 0.6) is 0 Å². The molecule has 0 fully saturated rings. The Kier molecular flexibility index (Phi) is 5.27. The summed E-state index contributed by atoms with van der Waals surface area (Å²) in [5.74, 6) is -0.275. The van der Waals surface area contributed by atoms with E-state index in [0.29, 0.717) is 6.42 Å². The van der Waals surface area contributed by atoms with Crippen molar-refractivity contribution in [2.75, 3.05) is 6.61 Å². The van der Waals surface area contributed by atoms with Crippen molar-refractivity contribution in [3.05, 3.63) is 48.0 Å². The third-order valence-electron chi connectivity index (χ3n) is 2.46. The van der Waals surface area contributed by atoms with E-state index in [2.05, 4.69) is 5.10 Å². The van der Waals surface area contributed by atoms with Gasteiger partial charge in [-0.25, -0.2) is 9.07 Å². The van der Waals surface area contributed by atoms with Crippen LogP contribution in [-0.2, 0) is 6.42 Å². The molecule has 1 aromatic carbocycles. The van der Waals surface area contributed by atoms with Crippen molar-refractivity contribution in [3.8, 4) is 5.69 Å². The normalized spacial score (nSPS) is 11.9. The summed E-state index contributed by atoms with van der Waals surface area (Å²) >= 11 is 0. The maximum absolute atomic E-state index is 12.8. The Hall–Kier alpha value is -1.43. The van der Waals surface area contributed by atoms with Crippen molar-refractivity contribution in [1.82, 2.24) is 9.78 Å². The van der Waals surface area contributed by atoms with Crippen LogP contribution in [-0.4, -0.2) is 27.5 Å². The fraction of sp³-hybridized carbons (Fsp3) is 0.250. The molecule has 0 aliphatic carbocycles. The van der Waals surface area contributed by atoms with E-state index in [-0.39, 0.29) is 30.9 Å². The van der Waals surface area contributed by atoms with E-state index in [1.54, 1.807) is 23.0 Å². The number of hydrogen-bond donors (Lipinski definition) is 2. The fourth-order valence-corrected chi connectivity index (χ4v) is 1.57. The van der Waals surface area contributed by atoms with Gasteiger partial charge < -0.3 is 10.8 Å². The quantitative estimate of drug-likeness (QED) is 0.881. The van der Waals surface area contributed by atoms with Gasteiger partial charge in [0.2, 0.25) is 0 Å². The molecule has 98 valence electrons. The molecule has 1 unspecified atom stereocenters. The monoisotopic (exact) mass is 271 g/mol. The molecule has 6 heteroatoms. The Balaban J connectivity index is 0.00000162. The van der Waals surface area contributed by atoms with Gasteiger partial charge in [-0.1, -0.05) is 0 Å². The van der Waals surface area contributed by atoms with Gasteiger partial charge >= 0.3 is 0 Å². The molecule has 0 radical (unpaired) electrons. The summed E-state index contributed by atoms with van der Waals surface area (Å²) in [5.41, 5.74) is 7.36. The maximum atomic E-state index is 12.8. The molecule has 1 heterocycles. The van der Waals surface area contributed by atoms with Crippen LogP contribution < -0.4 is 5.73 Å². The Bertz CT molecular complexity index is 486. The van der Waals surface area contributed by atoms with E-state index in [4.69, 9.17) is 10.8 Å². The molecular weight excluding hydrogens is 257 g/mol. The number of aliphatic hydroxyl groups is 1. The molecule has 0 aliphatic heterocycles. The van der Waals surface area contributed by atoms with Gasteiger partial charge in [0.25, 0.3) is 0 Å². The van der Waals surface area contributed by atoms with E-state index in [9.17, 15) is 4.39 Å². The zero-order valence-corrected chi connectivity index (χ0v) is 10.5. The molecule has 0 bridgehead atoms. The van der Waals surface area contributed by atoms with Crippen LogP contribution in [0.15, 0.2) is 36.7 Å². The molecule has 0 saturated carbocycles. The SMILES string of the molecule is Cl.NC(CO)Cc1cnn(-c2ccc(F)cc2)c1. The highest BCUT2D eigenvalue weighted by Gasteiger charge is 2.05. The Morgan fingerprint density at radius 3 is 2.61 bits per heavy atom. The van der Waals surface area contributed by atoms with Crippen LogP contribution in [0.3, 0.4) is 0 Å². The van der Waals surface area contributed by atoms with Crippen LogP contribution >= 0.6 is 12.4 Å². The molecule has 18 heavy (non-hydrogen) atoms. The molecular formula is C12H15ClFN3O. The van der Waals surface area contributed by atoms with Gasteiger partial charge in [0.15, 0.2) is 0 Å². The minimum absolute atomic E-state index is 0. The smallest absolute Gasteiger partial charge is 0.123 e. The van der Waals surface area contributed by atoms with Gasteiger partial charge in [-0.15, -0.1) is 12.4 Å². The number of aliphatic hydroxyl groups excluding tert-OH is 1. The summed E-state index contributed by atoms with van der Waals surface area (Å²) in [4.78, 5) is 0. The fourth-order valence-electron chi connectivity index (χ4n) is 1.57. The lowest BCUT2D eigenvalue weighted by atomic mass is 10.1. The number of nitrogens with zero attached hydrogens (tertiary/aromatic N) is 2. The van der Waals surface area contributed by atoms with Gasteiger partial charge in [-0.3, -0.25) is 0 Å². The van der Waals surface area contributed by atoms with Crippen LogP contribution in [0.2, 0.25) is 0 Å². The molecule has 1 aromatic heterocycles.